The number of carbonyl (C=O) groups excluding carboxylic acids is 1. The van der Waals surface area contributed by atoms with Crippen molar-refractivity contribution in [2.24, 2.45) is 4.99 Å². The van der Waals surface area contributed by atoms with E-state index in [0.29, 0.717) is 13.1 Å². The maximum Gasteiger partial charge on any atom is 0.224 e. The highest BCUT2D eigenvalue weighted by Gasteiger charge is 2.20. The van der Waals surface area contributed by atoms with Crippen molar-refractivity contribution in [2.75, 3.05) is 50.7 Å². The first-order valence-electron chi connectivity index (χ1n) is 9.98. The van der Waals surface area contributed by atoms with E-state index in [0.717, 1.165) is 44.2 Å². The number of piperazine rings is 1. The fraction of sp³-hybridized carbons (Fsp3) is 0.429. The first kappa shape index (κ1) is 21.1. The topological polar surface area (TPSA) is 60.0 Å². The second kappa shape index (κ2) is 10.8. The van der Waals surface area contributed by atoms with Crippen molar-refractivity contribution in [3.05, 3.63) is 53.2 Å². The number of aliphatic imine (C=N–C) groups is 1. The zero-order chi connectivity index (χ0) is 20.5. The summed E-state index contributed by atoms with van der Waals surface area (Å²) in [6, 6.07) is 10.2. The average Bonchev–Trinajstić information content (AvgIpc) is 3.27. The van der Waals surface area contributed by atoms with Crippen LogP contribution in [0.4, 0.5) is 9.39 Å². The van der Waals surface area contributed by atoms with Gasteiger partial charge >= 0.3 is 0 Å². The molecule has 1 fully saturated rings. The molecule has 1 aliphatic rings. The lowest BCUT2D eigenvalue weighted by atomic mass is 10.1. The fourth-order valence-corrected chi connectivity index (χ4v) is 4.01. The van der Waals surface area contributed by atoms with Crippen LogP contribution in [0.15, 0.2) is 46.8 Å². The number of halogens is 1. The standard InChI is InChI=1S/C21H28FN5OS/c1-2-23-21(27-13-11-26(12-14-27)20-4-3-15-29-20)25-10-9-24-19(28)16-17-5-7-18(22)8-6-17/h3-8,15H,2,9-14,16H2,1H3,(H,23,25)(H,24,28). The molecule has 1 amide bonds. The maximum absolute atomic E-state index is 12.9. The molecule has 0 spiro atoms. The third kappa shape index (κ3) is 6.45. The van der Waals surface area contributed by atoms with Crippen molar-refractivity contribution in [1.82, 2.24) is 15.5 Å². The zero-order valence-electron chi connectivity index (χ0n) is 16.7. The molecular formula is C21H28FN5OS. The van der Waals surface area contributed by atoms with Crippen LogP contribution in [0.2, 0.25) is 0 Å². The first-order chi connectivity index (χ1) is 14.2. The van der Waals surface area contributed by atoms with Crippen LogP contribution in [-0.2, 0) is 11.2 Å². The number of nitrogens with zero attached hydrogens (tertiary/aromatic N) is 3. The minimum atomic E-state index is -0.296. The minimum Gasteiger partial charge on any atom is -0.360 e. The van der Waals surface area contributed by atoms with E-state index in [9.17, 15) is 9.18 Å². The van der Waals surface area contributed by atoms with Gasteiger partial charge in [0.2, 0.25) is 5.91 Å². The third-order valence-electron chi connectivity index (χ3n) is 4.71. The van der Waals surface area contributed by atoms with Crippen LogP contribution >= 0.6 is 11.3 Å². The molecule has 1 aliphatic heterocycles. The molecule has 0 aliphatic carbocycles. The average molecular weight is 418 g/mol. The Hall–Kier alpha value is -2.61. The van der Waals surface area contributed by atoms with Gasteiger partial charge in [-0.3, -0.25) is 9.79 Å². The summed E-state index contributed by atoms with van der Waals surface area (Å²) in [7, 11) is 0. The van der Waals surface area contributed by atoms with Gasteiger partial charge in [-0.25, -0.2) is 4.39 Å². The van der Waals surface area contributed by atoms with Crippen molar-refractivity contribution >= 4 is 28.2 Å². The summed E-state index contributed by atoms with van der Waals surface area (Å²) in [6.45, 7) is 7.63. The molecule has 156 valence electrons. The maximum atomic E-state index is 12.9. The Balaban J connectivity index is 1.43. The van der Waals surface area contributed by atoms with Crippen molar-refractivity contribution in [3.63, 3.8) is 0 Å². The molecule has 1 aromatic heterocycles. The van der Waals surface area contributed by atoms with Gasteiger partial charge < -0.3 is 20.4 Å². The second-order valence-corrected chi connectivity index (χ2v) is 7.74. The highest BCUT2D eigenvalue weighted by atomic mass is 32.1. The van der Waals surface area contributed by atoms with Crippen LogP contribution in [0.25, 0.3) is 0 Å². The summed E-state index contributed by atoms with van der Waals surface area (Å²) in [6.07, 6.45) is 0.245. The van der Waals surface area contributed by atoms with E-state index < -0.39 is 0 Å². The number of thiophene rings is 1. The number of nitrogens with one attached hydrogen (secondary N) is 2. The largest absolute Gasteiger partial charge is 0.360 e. The zero-order valence-corrected chi connectivity index (χ0v) is 17.6. The third-order valence-corrected chi connectivity index (χ3v) is 5.63. The molecule has 2 N–H and O–H groups in total. The van der Waals surface area contributed by atoms with Crippen LogP contribution in [0.3, 0.4) is 0 Å². The number of rotatable bonds is 7. The van der Waals surface area contributed by atoms with Gasteiger partial charge in [0.25, 0.3) is 0 Å². The van der Waals surface area contributed by atoms with E-state index in [2.05, 4.69) is 49.9 Å². The Morgan fingerprint density at radius 2 is 1.90 bits per heavy atom. The highest BCUT2D eigenvalue weighted by molar-refractivity contribution is 7.14. The van der Waals surface area contributed by atoms with Gasteiger partial charge in [-0.1, -0.05) is 12.1 Å². The van der Waals surface area contributed by atoms with E-state index in [4.69, 9.17) is 0 Å². The summed E-state index contributed by atoms with van der Waals surface area (Å²) in [5, 5.41) is 9.65. The predicted molar refractivity (Wildman–Crippen MR) is 117 cm³/mol. The first-order valence-corrected chi connectivity index (χ1v) is 10.9. The molecule has 1 saturated heterocycles. The van der Waals surface area contributed by atoms with Crippen LogP contribution in [0, 0.1) is 5.82 Å². The minimum absolute atomic E-state index is 0.0821. The molecule has 0 unspecified atom stereocenters. The van der Waals surface area contributed by atoms with Gasteiger partial charge in [0, 0.05) is 39.3 Å². The lowest BCUT2D eigenvalue weighted by Gasteiger charge is -2.37. The van der Waals surface area contributed by atoms with E-state index in [1.807, 2.05) is 0 Å². The fourth-order valence-electron chi connectivity index (χ4n) is 3.22. The molecule has 0 radical (unpaired) electrons. The highest BCUT2D eigenvalue weighted by Crippen LogP contribution is 2.22. The molecular weight excluding hydrogens is 389 g/mol. The monoisotopic (exact) mass is 417 g/mol. The Labute approximate surface area is 175 Å². The molecule has 8 heteroatoms. The summed E-state index contributed by atoms with van der Waals surface area (Å²) < 4.78 is 12.9. The van der Waals surface area contributed by atoms with Gasteiger partial charge in [0.05, 0.1) is 18.0 Å². The predicted octanol–water partition coefficient (Wildman–Crippen LogP) is 2.33. The number of carbonyl (C=O) groups is 1. The van der Waals surface area contributed by atoms with Crippen molar-refractivity contribution in [1.29, 1.82) is 0 Å². The normalized spacial score (nSPS) is 14.8. The Bertz CT molecular complexity index is 786. The number of anilines is 1. The van der Waals surface area contributed by atoms with Crippen LogP contribution < -0.4 is 15.5 Å². The van der Waals surface area contributed by atoms with Gasteiger partial charge in [-0.05, 0) is 42.1 Å². The number of amides is 1. The summed E-state index contributed by atoms with van der Waals surface area (Å²) in [5.41, 5.74) is 0.796. The van der Waals surface area contributed by atoms with Crippen molar-refractivity contribution in [3.8, 4) is 0 Å². The van der Waals surface area contributed by atoms with Crippen molar-refractivity contribution < 1.29 is 9.18 Å². The summed E-state index contributed by atoms with van der Waals surface area (Å²) in [5.74, 6) is 0.517. The Kier molecular flexibility index (Phi) is 7.86. The van der Waals surface area contributed by atoms with Crippen LogP contribution in [0.5, 0.6) is 0 Å². The van der Waals surface area contributed by atoms with Gasteiger partial charge in [0.15, 0.2) is 5.96 Å². The van der Waals surface area contributed by atoms with Gasteiger partial charge in [-0.15, -0.1) is 11.3 Å². The SMILES string of the molecule is CCNC(=NCCNC(=O)Cc1ccc(F)cc1)N1CCN(c2cccs2)CC1. The lowest BCUT2D eigenvalue weighted by molar-refractivity contribution is -0.120. The molecule has 0 bridgehead atoms. The van der Waals surface area contributed by atoms with Crippen LogP contribution in [0.1, 0.15) is 12.5 Å². The molecule has 1 aromatic carbocycles. The number of hydrogen-bond acceptors (Lipinski definition) is 4. The lowest BCUT2D eigenvalue weighted by Crippen LogP contribution is -2.52. The number of hydrogen-bond donors (Lipinski definition) is 2. The van der Waals surface area contributed by atoms with E-state index >= 15 is 0 Å². The van der Waals surface area contributed by atoms with E-state index in [1.165, 1.54) is 17.1 Å². The second-order valence-electron chi connectivity index (χ2n) is 6.81. The summed E-state index contributed by atoms with van der Waals surface area (Å²) in [4.78, 5) is 21.4. The number of benzene rings is 1. The molecule has 0 saturated carbocycles. The molecule has 2 aromatic rings. The molecule has 0 atom stereocenters. The van der Waals surface area contributed by atoms with E-state index in [-0.39, 0.29) is 18.1 Å². The van der Waals surface area contributed by atoms with Crippen LogP contribution in [-0.4, -0.2) is 62.6 Å². The van der Waals surface area contributed by atoms with Gasteiger partial charge in [-0.2, -0.15) is 0 Å². The Morgan fingerprint density at radius 1 is 1.14 bits per heavy atom. The van der Waals surface area contributed by atoms with Crippen molar-refractivity contribution in [2.45, 2.75) is 13.3 Å². The molecule has 3 rings (SSSR count). The smallest absolute Gasteiger partial charge is 0.224 e. The molecule has 6 nitrogen and oxygen atoms in total. The Morgan fingerprint density at radius 3 is 2.55 bits per heavy atom. The molecule has 2 heterocycles. The summed E-state index contributed by atoms with van der Waals surface area (Å²) >= 11 is 1.77. The molecule has 29 heavy (non-hydrogen) atoms. The quantitative estimate of drug-likeness (QED) is 0.412. The van der Waals surface area contributed by atoms with Gasteiger partial charge in [0.1, 0.15) is 5.82 Å². The number of guanidine groups is 1. The van der Waals surface area contributed by atoms with E-state index in [1.54, 1.807) is 23.5 Å².